The van der Waals surface area contributed by atoms with E-state index in [1.54, 1.807) is 7.11 Å². The van der Waals surface area contributed by atoms with Gasteiger partial charge in [0, 0.05) is 13.2 Å². The summed E-state index contributed by atoms with van der Waals surface area (Å²) in [5.41, 5.74) is 5.01. The van der Waals surface area contributed by atoms with Crippen LogP contribution in [0.25, 0.3) is 0 Å². The van der Waals surface area contributed by atoms with Crippen molar-refractivity contribution in [2.24, 2.45) is 5.73 Å². The van der Waals surface area contributed by atoms with E-state index >= 15 is 0 Å². The van der Waals surface area contributed by atoms with Gasteiger partial charge in [-0.2, -0.15) is 0 Å². The molecule has 1 aliphatic rings. The molecule has 1 fully saturated rings. The summed E-state index contributed by atoms with van der Waals surface area (Å²) in [4.78, 5) is 0. The van der Waals surface area contributed by atoms with Gasteiger partial charge in [0.1, 0.15) is 5.60 Å². The van der Waals surface area contributed by atoms with Gasteiger partial charge in [0.15, 0.2) is 0 Å². The van der Waals surface area contributed by atoms with Crippen molar-refractivity contribution >= 4 is 0 Å². The molecule has 11 heavy (non-hydrogen) atoms. The normalized spacial score (nSPS) is 39.0. The molecule has 0 aromatic heterocycles. The maximum absolute atomic E-state index is 9.89. The van der Waals surface area contributed by atoms with E-state index in [1.807, 2.05) is 0 Å². The molecule has 1 saturated carbocycles. The van der Waals surface area contributed by atoms with Crippen molar-refractivity contribution in [3.63, 3.8) is 0 Å². The molecule has 0 spiro atoms. The van der Waals surface area contributed by atoms with Crippen LogP contribution >= 0.6 is 0 Å². The molecule has 3 nitrogen and oxygen atoms in total. The fourth-order valence-electron chi connectivity index (χ4n) is 1.68. The zero-order valence-electron chi connectivity index (χ0n) is 7.05. The van der Waals surface area contributed by atoms with Gasteiger partial charge in [0.25, 0.3) is 0 Å². The summed E-state index contributed by atoms with van der Waals surface area (Å²) in [5.74, 6) is 0. The van der Waals surface area contributed by atoms with Gasteiger partial charge < -0.3 is 15.6 Å². The monoisotopic (exact) mass is 159 g/mol. The van der Waals surface area contributed by atoms with Crippen LogP contribution in [-0.4, -0.2) is 30.5 Å². The minimum Gasteiger partial charge on any atom is -0.386 e. The third-order valence-corrected chi connectivity index (χ3v) is 2.46. The first-order valence-corrected chi connectivity index (χ1v) is 4.16. The SMILES string of the molecule is COCC1(O)CCCCC1N. The van der Waals surface area contributed by atoms with E-state index in [0.717, 1.165) is 25.7 Å². The topological polar surface area (TPSA) is 55.5 Å². The second-order valence-electron chi connectivity index (χ2n) is 3.39. The first kappa shape index (κ1) is 8.97. The molecule has 3 heteroatoms. The molecule has 3 N–H and O–H groups in total. The fraction of sp³-hybridized carbons (Fsp3) is 1.00. The standard InChI is InChI=1S/C8H17NO2/c1-11-6-8(10)5-3-2-4-7(8)9/h7,10H,2-6,9H2,1H3. The number of rotatable bonds is 2. The summed E-state index contributed by atoms with van der Waals surface area (Å²) in [6.45, 7) is 0.369. The molecule has 0 amide bonds. The van der Waals surface area contributed by atoms with Gasteiger partial charge in [-0.1, -0.05) is 12.8 Å². The van der Waals surface area contributed by atoms with Crippen LogP contribution in [-0.2, 0) is 4.74 Å². The van der Waals surface area contributed by atoms with Crippen LogP contribution in [0.1, 0.15) is 25.7 Å². The van der Waals surface area contributed by atoms with E-state index in [1.165, 1.54) is 0 Å². The van der Waals surface area contributed by atoms with Crippen molar-refractivity contribution in [1.82, 2.24) is 0 Å². The highest BCUT2D eigenvalue weighted by molar-refractivity contribution is 4.92. The van der Waals surface area contributed by atoms with Gasteiger partial charge in [-0.05, 0) is 12.8 Å². The Bertz CT molecular complexity index is 125. The zero-order chi connectivity index (χ0) is 8.32. The minimum atomic E-state index is -0.757. The summed E-state index contributed by atoms with van der Waals surface area (Å²) in [7, 11) is 1.60. The van der Waals surface area contributed by atoms with Crippen molar-refractivity contribution in [2.45, 2.75) is 37.3 Å². The average molecular weight is 159 g/mol. The number of hydrogen-bond acceptors (Lipinski definition) is 3. The molecule has 0 heterocycles. The Kier molecular flexibility index (Phi) is 2.87. The first-order chi connectivity index (χ1) is 5.19. The molecule has 0 aliphatic heterocycles. The van der Waals surface area contributed by atoms with Gasteiger partial charge >= 0.3 is 0 Å². The van der Waals surface area contributed by atoms with E-state index in [-0.39, 0.29) is 6.04 Å². The van der Waals surface area contributed by atoms with Gasteiger partial charge in [0.05, 0.1) is 6.61 Å². The molecule has 0 radical (unpaired) electrons. The Labute approximate surface area is 67.5 Å². The van der Waals surface area contributed by atoms with Crippen LogP contribution in [0.5, 0.6) is 0 Å². The lowest BCUT2D eigenvalue weighted by atomic mass is 9.81. The Morgan fingerprint density at radius 1 is 1.64 bits per heavy atom. The van der Waals surface area contributed by atoms with Crippen LogP contribution in [0.15, 0.2) is 0 Å². The zero-order valence-corrected chi connectivity index (χ0v) is 7.05. The Morgan fingerprint density at radius 3 is 2.91 bits per heavy atom. The number of nitrogens with two attached hydrogens (primary N) is 1. The Hall–Kier alpha value is -0.120. The Balaban J connectivity index is 2.49. The molecular weight excluding hydrogens is 142 g/mol. The van der Waals surface area contributed by atoms with Crippen molar-refractivity contribution in [3.05, 3.63) is 0 Å². The van der Waals surface area contributed by atoms with Crippen LogP contribution in [0.4, 0.5) is 0 Å². The number of hydrogen-bond donors (Lipinski definition) is 2. The highest BCUT2D eigenvalue weighted by Gasteiger charge is 2.36. The highest BCUT2D eigenvalue weighted by Crippen LogP contribution is 2.27. The van der Waals surface area contributed by atoms with Gasteiger partial charge in [-0.3, -0.25) is 0 Å². The lowest BCUT2D eigenvalue weighted by molar-refractivity contribution is -0.0689. The van der Waals surface area contributed by atoms with E-state index < -0.39 is 5.60 Å². The molecule has 0 aromatic rings. The number of ether oxygens (including phenoxy) is 1. The van der Waals surface area contributed by atoms with E-state index in [2.05, 4.69) is 0 Å². The molecule has 2 unspecified atom stereocenters. The smallest absolute Gasteiger partial charge is 0.103 e. The lowest BCUT2D eigenvalue weighted by Crippen LogP contribution is -2.53. The molecule has 0 saturated heterocycles. The van der Waals surface area contributed by atoms with Crippen LogP contribution in [0.2, 0.25) is 0 Å². The second kappa shape index (κ2) is 3.52. The number of methoxy groups -OCH3 is 1. The highest BCUT2D eigenvalue weighted by atomic mass is 16.5. The van der Waals surface area contributed by atoms with Crippen molar-refractivity contribution in [1.29, 1.82) is 0 Å². The quantitative estimate of drug-likeness (QED) is 0.608. The predicted octanol–water partition coefficient (Wildman–Crippen LogP) is 0.265. The van der Waals surface area contributed by atoms with Gasteiger partial charge in [-0.25, -0.2) is 0 Å². The molecule has 0 aromatic carbocycles. The largest absolute Gasteiger partial charge is 0.386 e. The van der Waals surface area contributed by atoms with Crippen molar-refractivity contribution in [3.8, 4) is 0 Å². The van der Waals surface area contributed by atoms with Crippen LogP contribution in [0, 0.1) is 0 Å². The van der Waals surface area contributed by atoms with Gasteiger partial charge in [0.2, 0.25) is 0 Å². The molecule has 0 bridgehead atoms. The van der Waals surface area contributed by atoms with Crippen molar-refractivity contribution < 1.29 is 9.84 Å². The summed E-state index contributed by atoms with van der Waals surface area (Å²) in [6, 6.07) is -0.101. The lowest BCUT2D eigenvalue weighted by Gasteiger charge is -2.37. The maximum Gasteiger partial charge on any atom is 0.103 e. The summed E-state index contributed by atoms with van der Waals surface area (Å²) in [5, 5.41) is 9.89. The molecule has 66 valence electrons. The molecular formula is C8H17NO2. The fourth-order valence-corrected chi connectivity index (χ4v) is 1.68. The van der Waals surface area contributed by atoms with Crippen LogP contribution in [0.3, 0.4) is 0 Å². The molecule has 1 aliphatic carbocycles. The third kappa shape index (κ3) is 1.92. The number of aliphatic hydroxyl groups is 1. The van der Waals surface area contributed by atoms with E-state index in [4.69, 9.17) is 10.5 Å². The minimum absolute atomic E-state index is 0.101. The summed E-state index contributed by atoms with van der Waals surface area (Å²) in [6.07, 6.45) is 3.89. The third-order valence-electron chi connectivity index (χ3n) is 2.46. The van der Waals surface area contributed by atoms with E-state index in [0.29, 0.717) is 6.61 Å². The van der Waals surface area contributed by atoms with Crippen LogP contribution < -0.4 is 5.73 Å². The predicted molar refractivity (Wildman–Crippen MR) is 43.3 cm³/mol. The van der Waals surface area contributed by atoms with Crippen molar-refractivity contribution in [2.75, 3.05) is 13.7 Å². The average Bonchev–Trinajstić information content (AvgIpc) is 1.96. The Morgan fingerprint density at radius 2 is 2.36 bits per heavy atom. The second-order valence-corrected chi connectivity index (χ2v) is 3.39. The molecule has 1 rings (SSSR count). The van der Waals surface area contributed by atoms with E-state index in [9.17, 15) is 5.11 Å². The summed E-state index contributed by atoms with van der Waals surface area (Å²) >= 11 is 0. The summed E-state index contributed by atoms with van der Waals surface area (Å²) < 4.78 is 4.92. The first-order valence-electron chi connectivity index (χ1n) is 4.16. The maximum atomic E-state index is 9.89. The van der Waals surface area contributed by atoms with Gasteiger partial charge in [-0.15, -0.1) is 0 Å². The molecule has 2 atom stereocenters.